The third-order valence-electron chi connectivity index (χ3n) is 2.50. The third-order valence-corrected chi connectivity index (χ3v) is 2.50. The number of nitrogens with zero attached hydrogens (tertiary/aromatic N) is 1. The van der Waals surface area contributed by atoms with Gasteiger partial charge in [0, 0.05) is 25.4 Å². The lowest BCUT2D eigenvalue weighted by Gasteiger charge is -2.26. The molecule has 0 amide bonds. The van der Waals surface area contributed by atoms with E-state index in [-0.39, 0.29) is 0 Å². The van der Waals surface area contributed by atoms with Crippen molar-refractivity contribution in [3.63, 3.8) is 0 Å². The maximum atomic E-state index is 10.4. The van der Waals surface area contributed by atoms with Crippen LogP contribution in [0.5, 0.6) is 0 Å². The molecule has 0 fully saturated rings. The summed E-state index contributed by atoms with van der Waals surface area (Å²) in [6.45, 7) is 0.887. The first-order valence-corrected chi connectivity index (χ1v) is 5.51. The van der Waals surface area contributed by atoms with Crippen LogP contribution in [0.3, 0.4) is 0 Å². The van der Waals surface area contributed by atoms with Gasteiger partial charge in [-0.1, -0.05) is 6.07 Å². The molecule has 4 nitrogen and oxygen atoms in total. The molecule has 0 bridgehead atoms. The predicted molar refractivity (Wildman–Crippen MR) is 63.1 cm³/mol. The second-order valence-electron chi connectivity index (χ2n) is 4.05. The highest BCUT2D eigenvalue weighted by molar-refractivity contribution is 5.07. The second-order valence-corrected chi connectivity index (χ2v) is 4.05. The fourth-order valence-electron chi connectivity index (χ4n) is 1.75. The van der Waals surface area contributed by atoms with Gasteiger partial charge >= 0.3 is 0 Å². The lowest BCUT2D eigenvalue weighted by atomic mass is 9.92. The summed E-state index contributed by atoms with van der Waals surface area (Å²) in [5.74, 6) is 0. The van der Waals surface area contributed by atoms with E-state index in [4.69, 9.17) is 10.5 Å². The van der Waals surface area contributed by atoms with Gasteiger partial charge in [-0.25, -0.2) is 0 Å². The Morgan fingerprint density at radius 3 is 2.88 bits per heavy atom. The van der Waals surface area contributed by atoms with Gasteiger partial charge in [0.15, 0.2) is 0 Å². The minimum absolute atomic E-state index is 0.309. The van der Waals surface area contributed by atoms with Gasteiger partial charge in [-0.3, -0.25) is 4.98 Å². The van der Waals surface area contributed by atoms with E-state index in [0.717, 1.165) is 12.1 Å². The molecule has 0 aliphatic heterocycles. The standard InChI is InChI=1S/C12H20N2O2/c1-16-10-12(15,6-4-7-13)9-11-5-2-3-8-14-11/h2-3,5,8,15H,4,6-7,9-10,13H2,1H3. The smallest absolute Gasteiger partial charge is 0.0935 e. The maximum absolute atomic E-state index is 10.4. The molecule has 1 aromatic rings. The summed E-state index contributed by atoms with van der Waals surface area (Å²) >= 11 is 0. The van der Waals surface area contributed by atoms with Crippen LogP contribution in [0.1, 0.15) is 18.5 Å². The Morgan fingerprint density at radius 1 is 1.50 bits per heavy atom. The normalized spacial score (nSPS) is 14.7. The molecule has 16 heavy (non-hydrogen) atoms. The van der Waals surface area contributed by atoms with Gasteiger partial charge < -0.3 is 15.6 Å². The summed E-state index contributed by atoms with van der Waals surface area (Å²) < 4.78 is 5.06. The molecule has 3 N–H and O–H groups in total. The molecule has 1 atom stereocenters. The fourth-order valence-corrected chi connectivity index (χ4v) is 1.75. The lowest BCUT2D eigenvalue weighted by Crippen LogP contribution is -2.37. The average molecular weight is 224 g/mol. The van der Waals surface area contributed by atoms with Crippen molar-refractivity contribution in [1.82, 2.24) is 4.98 Å². The number of nitrogens with two attached hydrogens (primary N) is 1. The Hall–Kier alpha value is -0.970. The van der Waals surface area contributed by atoms with E-state index in [2.05, 4.69) is 4.98 Å². The van der Waals surface area contributed by atoms with Gasteiger partial charge in [0.05, 0.1) is 12.2 Å². The van der Waals surface area contributed by atoms with E-state index in [1.54, 1.807) is 13.3 Å². The fraction of sp³-hybridized carbons (Fsp3) is 0.583. The Bertz CT molecular complexity index is 292. The molecule has 1 rings (SSSR count). The monoisotopic (exact) mass is 224 g/mol. The molecule has 0 radical (unpaired) electrons. The number of hydrogen-bond acceptors (Lipinski definition) is 4. The third kappa shape index (κ3) is 4.26. The van der Waals surface area contributed by atoms with E-state index in [0.29, 0.717) is 26.0 Å². The van der Waals surface area contributed by atoms with Gasteiger partial charge in [0.25, 0.3) is 0 Å². The van der Waals surface area contributed by atoms with Crippen molar-refractivity contribution in [2.45, 2.75) is 24.9 Å². The summed E-state index contributed by atoms with van der Waals surface area (Å²) in [5.41, 5.74) is 5.47. The highest BCUT2D eigenvalue weighted by atomic mass is 16.5. The Balaban J connectivity index is 2.62. The van der Waals surface area contributed by atoms with Crippen LogP contribution >= 0.6 is 0 Å². The number of aromatic nitrogens is 1. The molecular weight excluding hydrogens is 204 g/mol. The van der Waals surface area contributed by atoms with E-state index in [1.807, 2.05) is 18.2 Å². The lowest BCUT2D eigenvalue weighted by molar-refractivity contribution is -0.0381. The summed E-state index contributed by atoms with van der Waals surface area (Å²) in [6.07, 6.45) is 3.65. The van der Waals surface area contributed by atoms with Gasteiger partial charge in [-0.2, -0.15) is 0 Å². The molecule has 0 saturated heterocycles. The number of ether oxygens (including phenoxy) is 1. The largest absolute Gasteiger partial charge is 0.387 e. The molecule has 0 spiro atoms. The van der Waals surface area contributed by atoms with Crippen molar-refractivity contribution in [1.29, 1.82) is 0 Å². The summed E-state index contributed by atoms with van der Waals surface area (Å²) in [6, 6.07) is 5.68. The first kappa shape index (κ1) is 13.1. The quantitative estimate of drug-likeness (QED) is 0.717. The van der Waals surface area contributed by atoms with Crippen LogP contribution in [0.2, 0.25) is 0 Å². The highest BCUT2D eigenvalue weighted by Crippen LogP contribution is 2.18. The zero-order chi connectivity index (χ0) is 11.9. The maximum Gasteiger partial charge on any atom is 0.0935 e. The number of rotatable bonds is 7. The van der Waals surface area contributed by atoms with E-state index < -0.39 is 5.60 Å². The molecule has 1 aromatic heterocycles. The molecule has 0 aliphatic rings. The number of pyridine rings is 1. The summed E-state index contributed by atoms with van der Waals surface area (Å²) in [5, 5.41) is 10.4. The van der Waals surface area contributed by atoms with Crippen molar-refractivity contribution in [3.05, 3.63) is 30.1 Å². The van der Waals surface area contributed by atoms with Crippen LogP contribution in [-0.2, 0) is 11.2 Å². The van der Waals surface area contributed by atoms with Gasteiger partial charge in [-0.05, 0) is 31.5 Å². The first-order valence-electron chi connectivity index (χ1n) is 5.51. The first-order chi connectivity index (χ1) is 7.70. The van der Waals surface area contributed by atoms with Crippen molar-refractivity contribution < 1.29 is 9.84 Å². The van der Waals surface area contributed by atoms with Crippen molar-refractivity contribution in [3.8, 4) is 0 Å². The van der Waals surface area contributed by atoms with Crippen molar-refractivity contribution in [2.24, 2.45) is 5.73 Å². The minimum atomic E-state index is -0.859. The Morgan fingerprint density at radius 2 is 2.31 bits per heavy atom. The number of aliphatic hydroxyl groups is 1. The second kappa shape index (κ2) is 6.58. The van der Waals surface area contributed by atoms with Gasteiger partial charge in [0.2, 0.25) is 0 Å². The van der Waals surface area contributed by atoms with Crippen molar-refractivity contribution >= 4 is 0 Å². The van der Waals surface area contributed by atoms with Crippen LogP contribution in [0.15, 0.2) is 24.4 Å². The van der Waals surface area contributed by atoms with E-state index in [9.17, 15) is 5.11 Å². The molecule has 4 heteroatoms. The Labute approximate surface area is 96.5 Å². The predicted octanol–water partition coefficient (Wildman–Crippen LogP) is 0.740. The van der Waals surface area contributed by atoms with Crippen LogP contribution in [-0.4, -0.2) is 36.0 Å². The number of hydrogen-bond donors (Lipinski definition) is 2. The molecule has 0 aromatic carbocycles. The summed E-state index contributed by atoms with van der Waals surface area (Å²) in [4.78, 5) is 4.21. The molecule has 0 saturated carbocycles. The molecule has 1 heterocycles. The molecule has 1 unspecified atom stereocenters. The van der Waals surface area contributed by atoms with Crippen LogP contribution < -0.4 is 5.73 Å². The molecule has 0 aliphatic carbocycles. The topological polar surface area (TPSA) is 68.4 Å². The minimum Gasteiger partial charge on any atom is -0.387 e. The van der Waals surface area contributed by atoms with E-state index >= 15 is 0 Å². The number of methoxy groups -OCH3 is 1. The zero-order valence-electron chi connectivity index (χ0n) is 9.72. The zero-order valence-corrected chi connectivity index (χ0v) is 9.72. The molecule has 90 valence electrons. The summed E-state index contributed by atoms with van der Waals surface area (Å²) in [7, 11) is 1.59. The van der Waals surface area contributed by atoms with Crippen LogP contribution in [0.4, 0.5) is 0 Å². The van der Waals surface area contributed by atoms with Crippen molar-refractivity contribution in [2.75, 3.05) is 20.3 Å². The highest BCUT2D eigenvalue weighted by Gasteiger charge is 2.27. The SMILES string of the molecule is COCC(O)(CCCN)Cc1ccccn1. The Kier molecular flexibility index (Phi) is 5.38. The van der Waals surface area contributed by atoms with Crippen LogP contribution in [0, 0.1) is 0 Å². The molecular formula is C12H20N2O2. The van der Waals surface area contributed by atoms with Gasteiger partial charge in [0.1, 0.15) is 0 Å². The van der Waals surface area contributed by atoms with E-state index in [1.165, 1.54) is 0 Å². The van der Waals surface area contributed by atoms with Crippen LogP contribution in [0.25, 0.3) is 0 Å². The van der Waals surface area contributed by atoms with Gasteiger partial charge in [-0.15, -0.1) is 0 Å². The average Bonchev–Trinajstić information content (AvgIpc) is 2.28.